The third kappa shape index (κ3) is 6.66. The summed E-state index contributed by atoms with van der Waals surface area (Å²) in [4.78, 5) is 11.7. The van der Waals surface area contributed by atoms with E-state index in [1.165, 1.54) is 29.5 Å². The first kappa shape index (κ1) is 25.2. The van der Waals surface area contributed by atoms with Crippen molar-refractivity contribution in [1.29, 1.82) is 0 Å². The number of benzene rings is 3. The van der Waals surface area contributed by atoms with Gasteiger partial charge in [-0.2, -0.15) is 4.98 Å². The molecule has 37 heavy (non-hydrogen) atoms. The molecule has 0 radical (unpaired) electrons. The molecule has 0 aliphatic heterocycles. The van der Waals surface area contributed by atoms with Gasteiger partial charge >= 0.3 is 0 Å². The lowest BCUT2D eigenvalue weighted by Gasteiger charge is -2.29. The maximum Gasteiger partial charge on any atom is 0.225 e. The Balaban J connectivity index is 1.10. The van der Waals surface area contributed by atoms with E-state index in [-0.39, 0.29) is 0 Å². The number of aromatic nitrogens is 2. The minimum Gasteiger partial charge on any atom is -0.362 e. The normalized spacial score (nSPS) is 17.6. The number of nitrogens with one attached hydrogen (secondary N) is 2. The van der Waals surface area contributed by atoms with Crippen LogP contribution in [0.2, 0.25) is 0 Å². The maximum absolute atomic E-state index is 4.83. The first-order chi connectivity index (χ1) is 18.2. The number of nitrogens with zero attached hydrogens (tertiary/aromatic N) is 3. The fourth-order valence-electron chi connectivity index (χ4n) is 5.47. The Morgan fingerprint density at radius 1 is 0.757 bits per heavy atom. The van der Waals surface area contributed by atoms with E-state index < -0.39 is 0 Å². The summed E-state index contributed by atoms with van der Waals surface area (Å²) >= 11 is 0. The summed E-state index contributed by atoms with van der Waals surface area (Å²) in [5.74, 6) is 2.44. The Morgan fingerprint density at radius 3 is 2.24 bits per heavy atom. The van der Waals surface area contributed by atoms with Crippen molar-refractivity contribution in [1.82, 2.24) is 15.3 Å². The van der Waals surface area contributed by atoms with Crippen LogP contribution in [0, 0.1) is 5.92 Å². The Hall–Kier alpha value is -3.44. The van der Waals surface area contributed by atoms with Crippen LogP contribution in [-0.4, -0.2) is 36.6 Å². The molecule has 0 saturated heterocycles. The third-order valence-electron chi connectivity index (χ3n) is 7.58. The monoisotopic (exact) mass is 493 g/mol. The van der Waals surface area contributed by atoms with Crippen molar-refractivity contribution in [2.75, 3.05) is 30.9 Å². The third-order valence-corrected chi connectivity index (χ3v) is 7.58. The van der Waals surface area contributed by atoms with Crippen LogP contribution in [0.5, 0.6) is 0 Å². The van der Waals surface area contributed by atoms with Gasteiger partial charge in [-0.3, -0.25) is 0 Å². The molecular formula is C32H39N5. The van der Waals surface area contributed by atoms with Gasteiger partial charge in [0.05, 0.1) is 5.52 Å². The van der Waals surface area contributed by atoms with E-state index in [0.717, 1.165) is 67.4 Å². The number of rotatable bonds is 10. The first-order valence-electron chi connectivity index (χ1n) is 13.7. The molecule has 5 nitrogen and oxygen atoms in total. The van der Waals surface area contributed by atoms with Crippen LogP contribution < -0.4 is 15.5 Å². The molecule has 0 atom stereocenters. The van der Waals surface area contributed by atoms with Crippen LogP contribution in [-0.2, 0) is 19.4 Å². The summed E-state index contributed by atoms with van der Waals surface area (Å²) in [5.41, 5.74) is 5.28. The van der Waals surface area contributed by atoms with E-state index in [2.05, 4.69) is 82.3 Å². The number of hydrogen-bond acceptors (Lipinski definition) is 5. The topological polar surface area (TPSA) is 53.1 Å². The quantitative estimate of drug-likeness (QED) is 0.274. The fraction of sp³-hybridized carbons (Fsp3) is 0.375. The van der Waals surface area contributed by atoms with Gasteiger partial charge in [0.1, 0.15) is 5.82 Å². The minimum atomic E-state index is 0.436. The zero-order valence-electron chi connectivity index (χ0n) is 22.2. The second kappa shape index (κ2) is 12.2. The molecule has 4 aromatic rings. The molecule has 0 amide bonds. The summed E-state index contributed by atoms with van der Waals surface area (Å²) in [6.07, 6.45) is 6.96. The van der Waals surface area contributed by atoms with Gasteiger partial charge in [0, 0.05) is 32.1 Å². The second-order valence-electron chi connectivity index (χ2n) is 10.5. The van der Waals surface area contributed by atoms with Crippen molar-refractivity contribution in [3.05, 3.63) is 95.6 Å². The zero-order valence-corrected chi connectivity index (χ0v) is 22.2. The van der Waals surface area contributed by atoms with Gasteiger partial charge in [-0.1, -0.05) is 66.7 Å². The molecule has 1 aromatic heterocycles. The van der Waals surface area contributed by atoms with Crippen LogP contribution in [0.4, 0.5) is 11.8 Å². The molecule has 0 bridgehead atoms. The molecule has 1 fully saturated rings. The molecule has 1 aliphatic carbocycles. The van der Waals surface area contributed by atoms with Crippen LogP contribution in [0.25, 0.3) is 10.9 Å². The summed E-state index contributed by atoms with van der Waals surface area (Å²) in [6, 6.07) is 28.4. The van der Waals surface area contributed by atoms with E-state index in [1.807, 2.05) is 26.2 Å². The highest BCUT2D eigenvalue weighted by Gasteiger charge is 2.22. The highest BCUT2D eigenvalue weighted by Crippen LogP contribution is 2.28. The lowest BCUT2D eigenvalue weighted by atomic mass is 9.86. The summed E-state index contributed by atoms with van der Waals surface area (Å²) in [5, 5.41) is 8.49. The molecule has 5 heteroatoms. The van der Waals surface area contributed by atoms with Gasteiger partial charge in [-0.05, 0) is 79.8 Å². The van der Waals surface area contributed by atoms with Crippen molar-refractivity contribution in [3.8, 4) is 0 Å². The Kier molecular flexibility index (Phi) is 8.32. The summed E-state index contributed by atoms with van der Waals surface area (Å²) < 4.78 is 0. The predicted molar refractivity (Wildman–Crippen MR) is 155 cm³/mol. The molecule has 2 N–H and O–H groups in total. The van der Waals surface area contributed by atoms with Crippen LogP contribution in [0.15, 0.2) is 78.9 Å². The van der Waals surface area contributed by atoms with Gasteiger partial charge < -0.3 is 15.5 Å². The highest BCUT2D eigenvalue weighted by molar-refractivity contribution is 5.90. The molecule has 0 spiro atoms. The molecule has 1 aliphatic rings. The minimum absolute atomic E-state index is 0.436. The summed E-state index contributed by atoms with van der Waals surface area (Å²) in [6.45, 7) is 2.03. The number of hydrogen-bond donors (Lipinski definition) is 2. The molecule has 1 heterocycles. The smallest absolute Gasteiger partial charge is 0.225 e. The highest BCUT2D eigenvalue weighted by atomic mass is 15.2. The van der Waals surface area contributed by atoms with Gasteiger partial charge in [0.25, 0.3) is 0 Å². The number of fused-ring (bicyclic) bond motifs is 1. The number of aryl methyl sites for hydroxylation is 2. The standard InChI is InChI=1S/C32H39N5/c1-37(2)31-29-14-8-9-15-30(29)35-32(36-31)34-28-20-17-25(18-21-28)22-33-23-27-13-7-6-12-26(27)19-16-24-10-4-3-5-11-24/h3-15,25,28,33H,16-23H2,1-2H3,(H,34,35,36). The van der Waals surface area contributed by atoms with Crippen molar-refractivity contribution < 1.29 is 0 Å². The Labute approximate surface area is 221 Å². The van der Waals surface area contributed by atoms with Crippen LogP contribution in [0.3, 0.4) is 0 Å². The van der Waals surface area contributed by atoms with E-state index >= 15 is 0 Å². The van der Waals surface area contributed by atoms with Crippen molar-refractivity contribution in [2.24, 2.45) is 5.92 Å². The number of anilines is 2. The maximum atomic E-state index is 4.83. The van der Waals surface area contributed by atoms with E-state index in [0.29, 0.717) is 6.04 Å². The van der Waals surface area contributed by atoms with Crippen molar-refractivity contribution in [2.45, 2.75) is 51.1 Å². The van der Waals surface area contributed by atoms with Gasteiger partial charge in [-0.25, -0.2) is 4.98 Å². The molecule has 1 saturated carbocycles. The Morgan fingerprint density at radius 2 is 1.46 bits per heavy atom. The average molecular weight is 494 g/mol. The largest absolute Gasteiger partial charge is 0.362 e. The van der Waals surface area contributed by atoms with Crippen molar-refractivity contribution >= 4 is 22.7 Å². The zero-order chi connectivity index (χ0) is 25.5. The Bertz CT molecular complexity index is 1280. The first-order valence-corrected chi connectivity index (χ1v) is 13.7. The fourth-order valence-corrected chi connectivity index (χ4v) is 5.47. The predicted octanol–water partition coefficient (Wildman–Crippen LogP) is 6.24. The van der Waals surface area contributed by atoms with Crippen molar-refractivity contribution in [3.63, 3.8) is 0 Å². The second-order valence-corrected chi connectivity index (χ2v) is 10.5. The molecule has 0 unspecified atom stereocenters. The SMILES string of the molecule is CN(C)c1nc(NC2CCC(CNCc3ccccc3CCc3ccccc3)CC2)nc2ccccc12. The molecule has 192 valence electrons. The average Bonchev–Trinajstić information content (AvgIpc) is 2.93. The van der Waals surface area contributed by atoms with E-state index in [4.69, 9.17) is 9.97 Å². The number of para-hydroxylation sites is 1. The van der Waals surface area contributed by atoms with E-state index in [9.17, 15) is 0 Å². The molecular weight excluding hydrogens is 454 g/mol. The van der Waals surface area contributed by atoms with Gasteiger partial charge in [0.2, 0.25) is 5.95 Å². The van der Waals surface area contributed by atoms with Gasteiger partial charge in [-0.15, -0.1) is 0 Å². The van der Waals surface area contributed by atoms with Crippen LogP contribution in [0.1, 0.15) is 42.4 Å². The molecule has 3 aromatic carbocycles. The lowest BCUT2D eigenvalue weighted by Crippen LogP contribution is -2.31. The lowest BCUT2D eigenvalue weighted by molar-refractivity contribution is 0.323. The summed E-state index contributed by atoms with van der Waals surface area (Å²) in [7, 11) is 4.08. The van der Waals surface area contributed by atoms with Gasteiger partial charge in [0.15, 0.2) is 0 Å². The van der Waals surface area contributed by atoms with E-state index in [1.54, 1.807) is 0 Å². The molecule has 5 rings (SSSR count). The van der Waals surface area contributed by atoms with Crippen LogP contribution >= 0.6 is 0 Å².